The van der Waals surface area contributed by atoms with Crippen LogP contribution in [0, 0.1) is 5.92 Å². The fourth-order valence-electron chi connectivity index (χ4n) is 1.80. The summed E-state index contributed by atoms with van der Waals surface area (Å²) >= 11 is 0. The minimum Gasteiger partial charge on any atom is -0.347 e. The Morgan fingerprint density at radius 2 is 1.93 bits per heavy atom. The van der Waals surface area contributed by atoms with Gasteiger partial charge in [0.25, 0.3) is 0 Å². The van der Waals surface area contributed by atoms with Crippen LogP contribution in [-0.2, 0) is 4.79 Å². The van der Waals surface area contributed by atoms with Gasteiger partial charge in [-0.25, -0.2) is 0 Å². The zero-order valence-corrected chi connectivity index (χ0v) is 8.31. The van der Waals surface area contributed by atoms with Gasteiger partial charge in [0.1, 0.15) is 6.54 Å². The van der Waals surface area contributed by atoms with E-state index in [-0.39, 0.29) is 6.04 Å². The number of halogens is 3. The third kappa shape index (κ3) is 4.07. The second-order valence-corrected chi connectivity index (χ2v) is 3.89. The second-order valence-electron chi connectivity index (χ2n) is 3.89. The first-order valence-electron chi connectivity index (χ1n) is 5.00. The van der Waals surface area contributed by atoms with Crippen LogP contribution in [0.1, 0.15) is 25.7 Å². The molecule has 88 valence electrons. The molecule has 1 rings (SSSR count). The molecule has 1 aliphatic rings. The number of hydrogen-bond acceptors (Lipinski definition) is 2. The summed E-state index contributed by atoms with van der Waals surface area (Å²) in [6.45, 7) is -1.27. The average Bonchev–Trinajstić information content (AvgIpc) is 2.14. The average molecular weight is 224 g/mol. The summed E-state index contributed by atoms with van der Waals surface area (Å²) < 4.78 is 35.5. The fourth-order valence-corrected chi connectivity index (χ4v) is 1.80. The molecular weight excluding hydrogens is 209 g/mol. The van der Waals surface area contributed by atoms with Crippen LogP contribution in [-0.4, -0.2) is 24.7 Å². The molecule has 0 unspecified atom stereocenters. The number of carbonyl (C=O) groups excluding carboxylic acids is 1. The van der Waals surface area contributed by atoms with Crippen LogP contribution in [0.5, 0.6) is 0 Å². The zero-order valence-electron chi connectivity index (χ0n) is 8.31. The van der Waals surface area contributed by atoms with Crippen molar-refractivity contribution >= 4 is 5.91 Å². The highest BCUT2D eigenvalue weighted by Gasteiger charge is 2.32. The maximum Gasteiger partial charge on any atom is 0.405 e. The third-order valence-electron chi connectivity index (χ3n) is 2.62. The van der Waals surface area contributed by atoms with E-state index < -0.39 is 24.5 Å². The highest BCUT2D eigenvalue weighted by atomic mass is 19.4. The number of rotatable bonds is 2. The Hall–Kier alpha value is -0.780. The Labute approximate surface area is 86.2 Å². The predicted molar refractivity (Wildman–Crippen MR) is 49.0 cm³/mol. The van der Waals surface area contributed by atoms with E-state index in [1.165, 1.54) is 0 Å². The van der Waals surface area contributed by atoms with E-state index in [0.29, 0.717) is 12.8 Å². The van der Waals surface area contributed by atoms with Gasteiger partial charge in [0, 0.05) is 6.04 Å². The summed E-state index contributed by atoms with van der Waals surface area (Å²) in [4.78, 5) is 11.4. The van der Waals surface area contributed by atoms with Crippen molar-refractivity contribution in [1.82, 2.24) is 5.32 Å². The number of carbonyl (C=O) groups is 1. The lowest BCUT2D eigenvalue weighted by Crippen LogP contribution is -2.45. The molecule has 1 aliphatic carbocycles. The van der Waals surface area contributed by atoms with Crippen LogP contribution >= 0.6 is 0 Å². The number of alkyl halides is 3. The molecule has 1 fully saturated rings. The molecule has 2 atom stereocenters. The SMILES string of the molecule is N[C@@H]1CCCC[C@@H]1C(=O)NCC(F)(F)F. The van der Waals surface area contributed by atoms with Gasteiger partial charge in [-0.1, -0.05) is 12.8 Å². The number of nitrogens with one attached hydrogen (secondary N) is 1. The highest BCUT2D eigenvalue weighted by molar-refractivity contribution is 5.79. The smallest absolute Gasteiger partial charge is 0.347 e. The second kappa shape index (κ2) is 4.83. The molecule has 0 aromatic rings. The Bertz CT molecular complexity index is 230. The van der Waals surface area contributed by atoms with Gasteiger partial charge in [0.2, 0.25) is 5.91 Å². The number of hydrogen-bond donors (Lipinski definition) is 2. The van der Waals surface area contributed by atoms with Crippen molar-refractivity contribution in [2.45, 2.75) is 37.9 Å². The van der Waals surface area contributed by atoms with E-state index in [4.69, 9.17) is 5.73 Å². The molecule has 0 aromatic carbocycles. The van der Waals surface area contributed by atoms with Crippen molar-refractivity contribution in [2.75, 3.05) is 6.54 Å². The summed E-state index contributed by atoms with van der Waals surface area (Å²) in [5, 5.41) is 1.88. The number of nitrogens with two attached hydrogens (primary N) is 1. The molecule has 0 radical (unpaired) electrons. The van der Waals surface area contributed by atoms with E-state index in [9.17, 15) is 18.0 Å². The van der Waals surface area contributed by atoms with E-state index >= 15 is 0 Å². The van der Waals surface area contributed by atoms with Gasteiger partial charge in [0.05, 0.1) is 5.92 Å². The molecular formula is C9H15F3N2O. The minimum absolute atomic E-state index is 0.299. The maximum absolute atomic E-state index is 11.8. The standard InChI is InChI=1S/C9H15F3N2O/c10-9(11,12)5-14-8(15)6-3-1-2-4-7(6)13/h6-7H,1-5,13H2,(H,14,15)/t6-,7+/m0/s1. The molecule has 0 aliphatic heterocycles. The Morgan fingerprint density at radius 1 is 1.33 bits per heavy atom. The van der Waals surface area contributed by atoms with E-state index in [0.717, 1.165) is 12.8 Å². The van der Waals surface area contributed by atoms with Gasteiger partial charge >= 0.3 is 6.18 Å². The van der Waals surface area contributed by atoms with Crippen molar-refractivity contribution in [2.24, 2.45) is 11.7 Å². The highest BCUT2D eigenvalue weighted by Crippen LogP contribution is 2.23. The lowest BCUT2D eigenvalue weighted by Gasteiger charge is -2.27. The summed E-state index contributed by atoms with van der Waals surface area (Å²) in [6.07, 6.45) is -1.24. The topological polar surface area (TPSA) is 55.1 Å². The molecule has 6 heteroatoms. The van der Waals surface area contributed by atoms with Crippen LogP contribution < -0.4 is 11.1 Å². The molecule has 3 N–H and O–H groups in total. The van der Waals surface area contributed by atoms with E-state index in [1.807, 2.05) is 5.32 Å². The summed E-state index contributed by atoms with van der Waals surface area (Å²) in [6, 6.07) is -0.299. The summed E-state index contributed by atoms with van der Waals surface area (Å²) in [5.41, 5.74) is 5.68. The molecule has 1 amide bonds. The Morgan fingerprint density at radius 3 is 2.47 bits per heavy atom. The lowest BCUT2D eigenvalue weighted by molar-refractivity contribution is -0.141. The Balaban J connectivity index is 2.39. The quantitative estimate of drug-likeness (QED) is 0.740. The minimum atomic E-state index is -4.35. The van der Waals surface area contributed by atoms with Crippen molar-refractivity contribution in [3.05, 3.63) is 0 Å². The normalized spacial score (nSPS) is 27.5. The molecule has 3 nitrogen and oxygen atoms in total. The molecule has 0 aromatic heterocycles. The van der Waals surface area contributed by atoms with Gasteiger partial charge in [-0.3, -0.25) is 4.79 Å². The van der Waals surface area contributed by atoms with Crippen molar-refractivity contribution in [1.29, 1.82) is 0 Å². The monoisotopic (exact) mass is 224 g/mol. The van der Waals surface area contributed by atoms with Crippen LogP contribution in [0.15, 0.2) is 0 Å². The van der Waals surface area contributed by atoms with Crippen LogP contribution in [0.2, 0.25) is 0 Å². The van der Waals surface area contributed by atoms with Crippen molar-refractivity contribution < 1.29 is 18.0 Å². The van der Waals surface area contributed by atoms with Gasteiger partial charge < -0.3 is 11.1 Å². The molecule has 0 spiro atoms. The Kier molecular flexibility index (Phi) is 3.96. The zero-order chi connectivity index (χ0) is 11.5. The number of amides is 1. The van der Waals surface area contributed by atoms with Crippen molar-refractivity contribution in [3.8, 4) is 0 Å². The largest absolute Gasteiger partial charge is 0.405 e. The first-order chi connectivity index (χ1) is 6.90. The van der Waals surface area contributed by atoms with Gasteiger partial charge in [-0.2, -0.15) is 13.2 Å². The van der Waals surface area contributed by atoms with Gasteiger partial charge in [-0.15, -0.1) is 0 Å². The lowest BCUT2D eigenvalue weighted by atomic mass is 9.84. The van der Waals surface area contributed by atoms with Crippen LogP contribution in [0.25, 0.3) is 0 Å². The van der Waals surface area contributed by atoms with Crippen LogP contribution in [0.4, 0.5) is 13.2 Å². The molecule has 15 heavy (non-hydrogen) atoms. The molecule has 1 saturated carbocycles. The van der Waals surface area contributed by atoms with E-state index in [1.54, 1.807) is 0 Å². The molecule has 0 heterocycles. The molecule has 0 bridgehead atoms. The van der Waals surface area contributed by atoms with Crippen LogP contribution in [0.3, 0.4) is 0 Å². The first-order valence-corrected chi connectivity index (χ1v) is 5.00. The summed E-state index contributed by atoms with van der Waals surface area (Å²) in [5.74, 6) is -1.03. The van der Waals surface area contributed by atoms with E-state index in [2.05, 4.69) is 0 Å². The van der Waals surface area contributed by atoms with Crippen molar-refractivity contribution in [3.63, 3.8) is 0 Å². The third-order valence-corrected chi connectivity index (χ3v) is 2.62. The predicted octanol–water partition coefficient (Wildman–Crippen LogP) is 1.18. The van der Waals surface area contributed by atoms with Gasteiger partial charge in [0.15, 0.2) is 0 Å². The molecule has 0 saturated heterocycles. The summed E-state index contributed by atoms with van der Waals surface area (Å²) in [7, 11) is 0. The fraction of sp³-hybridized carbons (Fsp3) is 0.889. The first kappa shape index (κ1) is 12.3. The maximum atomic E-state index is 11.8. The van der Waals surface area contributed by atoms with Gasteiger partial charge in [-0.05, 0) is 12.8 Å².